The number of methoxy groups -OCH3 is 1. The second-order valence-corrected chi connectivity index (χ2v) is 7.42. The second-order valence-electron chi connectivity index (χ2n) is 7.42. The van der Waals surface area contributed by atoms with E-state index in [-0.39, 0.29) is 18.5 Å². The zero-order valence-electron chi connectivity index (χ0n) is 16.6. The van der Waals surface area contributed by atoms with E-state index in [0.29, 0.717) is 19.1 Å². The topological polar surface area (TPSA) is 68.7 Å². The summed E-state index contributed by atoms with van der Waals surface area (Å²) < 4.78 is 5.19. The van der Waals surface area contributed by atoms with Crippen LogP contribution in [0.5, 0.6) is 0 Å². The number of hydrogen-bond acceptors (Lipinski definition) is 6. The van der Waals surface area contributed by atoms with Crippen LogP contribution in [0.3, 0.4) is 0 Å². The lowest BCUT2D eigenvalue weighted by Gasteiger charge is -2.40. The van der Waals surface area contributed by atoms with Crippen molar-refractivity contribution in [2.75, 3.05) is 27.3 Å². The molecule has 1 aromatic carbocycles. The number of aliphatic imine (C=N–C) groups is 1. The number of carbonyl (C=O) groups is 2. The van der Waals surface area contributed by atoms with Gasteiger partial charge in [-0.3, -0.25) is 9.69 Å². The first-order chi connectivity index (χ1) is 13.4. The van der Waals surface area contributed by atoms with Crippen molar-refractivity contribution in [2.24, 2.45) is 4.99 Å². The minimum absolute atomic E-state index is 0.217. The van der Waals surface area contributed by atoms with Gasteiger partial charge < -0.3 is 19.4 Å². The summed E-state index contributed by atoms with van der Waals surface area (Å²) in [4.78, 5) is 37.7. The lowest BCUT2D eigenvalue weighted by Crippen LogP contribution is -2.63. The number of aryl methyl sites for hydroxylation is 1. The molecule has 0 radical (unpaired) electrons. The van der Waals surface area contributed by atoms with Crippen LogP contribution in [-0.4, -0.2) is 77.0 Å². The number of benzene rings is 1. The van der Waals surface area contributed by atoms with Crippen LogP contribution in [0.2, 0.25) is 0 Å². The molecule has 3 aliphatic heterocycles. The van der Waals surface area contributed by atoms with Crippen LogP contribution in [0.15, 0.2) is 41.2 Å². The third-order valence-corrected chi connectivity index (χ3v) is 5.44. The van der Waals surface area contributed by atoms with Gasteiger partial charge in [0.1, 0.15) is 0 Å². The molecule has 148 valence electrons. The van der Waals surface area contributed by atoms with Crippen LogP contribution >= 0.6 is 0 Å². The molecule has 3 heterocycles. The normalized spacial score (nSPS) is 23.9. The van der Waals surface area contributed by atoms with Gasteiger partial charge in [0.05, 0.1) is 13.2 Å². The van der Waals surface area contributed by atoms with Gasteiger partial charge in [-0.15, -0.1) is 0 Å². The van der Waals surface area contributed by atoms with E-state index in [4.69, 9.17) is 9.73 Å². The Bertz CT molecular complexity index is 880. The summed E-state index contributed by atoms with van der Waals surface area (Å²) in [6.45, 7) is 5.43. The molecule has 0 spiro atoms. The Balaban J connectivity index is 1.61. The SMILES string of the molecule is COCCN1C(C)=CN2C1=NC1C2C(=O)N(Cc2cccc(C)c2)C(=O)N1C. The summed E-state index contributed by atoms with van der Waals surface area (Å²) in [5.41, 5.74) is 3.04. The van der Waals surface area contributed by atoms with E-state index >= 15 is 0 Å². The Morgan fingerprint density at radius 1 is 1.18 bits per heavy atom. The molecule has 1 aromatic rings. The van der Waals surface area contributed by atoms with E-state index in [0.717, 1.165) is 16.8 Å². The number of likely N-dealkylation sites (N-methyl/N-ethyl adjacent to an activating group) is 1. The number of hydrogen-bond donors (Lipinski definition) is 0. The summed E-state index contributed by atoms with van der Waals surface area (Å²) in [7, 11) is 3.36. The number of allylic oxidation sites excluding steroid dienone is 1. The summed E-state index contributed by atoms with van der Waals surface area (Å²) >= 11 is 0. The standard InChI is InChI=1S/C20H25N5O3/c1-13-6-5-7-15(10-13)12-25-18(26)16-17(22(3)20(25)27)21-19-23(8-9-28-4)14(2)11-24(16)19/h5-7,10-11,16-17H,8-9,12H2,1-4H3. The maximum Gasteiger partial charge on any atom is 0.328 e. The van der Waals surface area contributed by atoms with Gasteiger partial charge >= 0.3 is 6.03 Å². The maximum atomic E-state index is 13.3. The molecule has 3 aliphatic rings. The Kier molecular flexibility index (Phi) is 4.58. The number of imide groups is 1. The first-order valence-corrected chi connectivity index (χ1v) is 9.37. The molecule has 0 bridgehead atoms. The van der Waals surface area contributed by atoms with Crippen LogP contribution in [0.25, 0.3) is 0 Å². The third kappa shape index (κ3) is 2.84. The van der Waals surface area contributed by atoms with Crippen LogP contribution in [0.4, 0.5) is 4.79 Å². The van der Waals surface area contributed by atoms with E-state index in [1.54, 1.807) is 19.1 Å². The molecule has 2 atom stereocenters. The molecule has 1 fully saturated rings. The third-order valence-electron chi connectivity index (χ3n) is 5.44. The van der Waals surface area contributed by atoms with Crippen LogP contribution < -0.4 is 0 Å². The zero-order valence-corrected chi connectivity index (χ0v) is 16.6. The van der Waals surface area contributed by atoms with Crippen LogP contribution in [0.1, 0.15) is 18.1 Å². The van der Waals surface area contributed by atoms with Gasteiger partial charge in [0.2, 0.25) is 5.96 Å². The molecule has 28 heavy (non-hydrogen) atoms. The molecule has 2 unspecified atom stereocenters. The van der Waals surface area contributed by atoms with Gasteiger partial charge in [0.25, 0.3) is 5.91 Å². The quantitative estimate of drug-likeness (QED) is 0.772. The van der Waals surface area contributed by atoms with E-state index in [1.165, 1.54) is 4.90 Å². The first-order valence-electron chi connectivity index (χ1n) is 9.37. The number of amides is 3. The van der Waals surface area contributed by atoms with E-state index in [2.05, 4.69) is 0 Å². The molecule has 0 aromatic heterocycles. The van der Waals surface area contributed by atoms with Crippen molar-refractivity contribution < 1.29 is 14.3 Å². The van der Waals surface area contributed by atoms with Crippen molar-refractivity contribution in [3.63, 3.8) is 0 Å². The molecule has 0 aliphatic carbocycles. The number of carbonyl (C=O) groups excluding carboxylic acids is 2. The lowest BCUT2D eigenvalue weighted by molar-refractivity contribution is -0.137. The molecule has 4 rings (SSSR count). The lowest BCUT2D eigenvalue weighted by atomic mass is 10.1. The summed E-state index contributed by atoms with van der Waals surface area (Å²) in [5, 5.41) is 0. The number of rotatable bonds is 5. The van der Waals surface area contributed by atoms with Crippen molar-refractivity contribution in [1.82, 2.24) is 19.6 Å². The monoisotopic (exact) mass is 383 g/mol. The average Bonchev–Trinajstić information content (AvgIpc) is 3.17. The van der Waals surface area contributed by atoms with Gasteiger partial charge in [0, 0.05) is 32.6 Å². The minimum Gasteiger partial charge on any atom is -0.383 e. The van der Waals surface area contributed by atoms with Gasteiger partial charge in [0.15, 0.2) is 12.2 Å². The first kappa shape index (κ1) is 18.5. The fourth-order valence-electron chi connectivity index (χ4n) is 4.00. The second kappa shape index (κ2) is 6.94. The number of nitrogens with zero attached hydrogens (tertiary/aromatic N) is 5. The predicted octanol–water partition coefficient (Wildman–Crippen LogP) is 1.58. The Morgan fingerprint density at radius 3 is 2.68 bits per heavy atom. The zero-order chi connectivity index (χ0) is 20.0. The van der Waals surface area contributed by atoms with Gasteiger partial charge in [-0.2, -0.15) is 0 Å². The van der Waals surface area contributed by atoms with Gasteiger partial charge in [-0.1, -0.05) is 29.8 Å². The minimum atomic E-state index is -0.537. The smallest absolute Gasteiger partial charge is 0.328 e. The number of urea groups is 1. The number of ether oxygens (including phenoxy) is 1. The van der Waals surface area contributed by atoms with Crippen molar-refractivity contribution >= 4 is 17.9 Å². The highest BCUT2D eigenvalue weighted by Gasteiger charge is 2.54. The predicted molar refractivity (Wildman–Crippen MR) is 104 cm³/mol. The highest BCUT2D eigenvalue weighted by molar-refractivity contribution is 6.04. The largest absolute Gasteiger partial charge is 0.383 e. The highest BCUT2D eigenvalue weighted by atomic mass is 16.5. The average molecular weight is 383 g/mol. The summed E-state index contributed by atoms with van der Waals surface area (Å²) in [5.74, 6) is 0.487. The Labute approximate surface area is 164 Å². The summed E-state index contributed by atoms with van der Waals surface area (Å²) in [6, 6.07) is 7.01. The van der Waals surface area contributed by atoms with Crippen molar-refractivity contribution in [1.29, 1.82) is 0 Å². The molecule has 8 nitrogen and oxygen atoms in total. The van der Waals surface area contributed by atoms with Crippen molar-refractivity contribution in [3.05, 3.63) is 47.3 Å². The Morgan fingerprint density at radius 2 is 1.96 bits per heavy atom. The van der Waals surface area contributed by atoms with E-state index in [9.17, 15) is 9.59 Å². The van der Waals surface area contributed by atoms with Crippen LogP contribution in [-0.2, 0) is 16.1 Å². The summed E-state index contributed by atoms with van der Waals surface area (Å²) in [6.07, 6.45) is 1.42. The fourth-order valence-corrected chi connectivity index (χ4v) is 4.00. The van der Waals surface area contributed by atoms with E-state index in [1.807, 2.05) is 54.1 Å². The van der Waals surface area contributed by atoms with E-state index < -0.39 is 12.2 Å². The molecular weight excluding hydrogens is 358 g/mol. The van der Waals surface area contributed by atoms with Crippen molar-refractivity contribution in [2.45, 2.75) is 32.6 Å². The molecular formula is C20H25N5O3. The molecule has 8 heteroatoms. The fraction of sp³-hybridized carbons (Fsp3) is 0.450. The number of fused-ring (bicyclic) bond motifs is 3. The highest BCUT2D eigenvalue weighted by Crippen LogP contribution is 2.34. The molecule has 3 amide bonds. The van der Waals surface area contributed by atoms with Crippen molar-refractivity contribution in [3.8, 4) is 0 Å². The number of guanidine groups is 1. The molecule has 1 saturated heterocycles. The Hall–Kier alpha value is -2.87. The van der Waals surface area contributed by atoms with Crippen LogP contribution in [0, 0.1) is 6.92 Å². The van der Waals surface area contributed by atoms with Gasteiger partial charge in [-0.05, 0) is 19.4 Å². The molecule has 0 N–H and O–H groups in total. The van der Waals surface area contributed by atoms with Gasteiger partial charge in [-0.25, -0.2) is 9.79 Å². The molecule has 0 saturated carbocycles. The maximum absolute atomic E-state index is 13.3.